The van der Waals surface area contributed by atoms with Crippen molar-refractivity contribution in [1.29, 1.82) is 0 Å². The first-order chi connectivity index (χ1) is 14.8. The quantitative estimate of drug-likeness (QED) is 0.683. The third-order valence-corrected chi connectivity index (χ3v) is 8.12. The molecule has 0 radical (unpaired) electrons. The number of aryl methyl sites for hydroxylation is 1. The SMILES string of the molecule is CCN(CC)S(=O)(=O)c1ccc(C)c(C(=O)Nc2ccc(N3CCC(C)CC3)cc2)c1. The largest absolute Gasteiger partial charge is 0.372 e. The number of hydrogen-bond donors (Lipinski definition) is 1. The average molecular weight is 444 g/mol. The molecule has 31 heavy (non-hydrogen) atoms. The maximum absolute atomic E-state index is 12.9. The average Bonchev–Trinajstić information content (AvgIpc) is 2.75. The van der Waals surface area contributed by atoms with E-state index < -0.39 is 10.0 Å². The fourth-order valence-electron chi connectivity index (χ4n) is 3.94. The molecule has 6 nitrogen and oxygen atoms in total. The van der Waals surface area contributed by atoms with E-state index in [1.807, 2.05) is 31.2 Å². The summed E-state index contributed by atoms with van der Waals surface area (Å²) in [5.41, 5.74) is 2.95. The summed E-state index contributed by atoms with van der Waals surface area (Å²) in [7, 11) is -3.62. The molecule has 0 unspecified atom stereocenters. The second kappa shape index (κ2) is 9.83. The number of nitrogens with one attached hydrogen (secondary N) is 1. The van der Waals surface area contributed by atoms with E-state index in [4.69, 9.17) is 0 Å². The summed E-state index contributed by atoms with van der Waals surface area (Å²) >= 11 is 0. The van der Waals surface area contributed by atoms with Gasteiger partial charge in [0.1, 0.15) is 0 Å². The van der Waals surface area contributed by atoms with Gasteiger partial charge >= 0.3 is 0 Å². The highest BCUT2D eigenvalue weighted by molar-refractivity contribution is 7.89. The zero-order valence-electron chi connectivity index (χ0n) is 18.9. The third kappa shape index (κ3) is 5.28. The Balaban J connectivity index is 1.76. The van der Waals surface area contributed by atoms with Gasteiger partial charge in [-0.05, 0) is 67.6 Å². The molecular formula is C24H33N3O3S. The molecule has 1 N–H and O–H groups in total. The Morgan fingerprint density at radius 1 is 1.06 bits per heavy atom. The minimum Gasteiger partial charge on any atom is -0.372 e. The molecule has 0 atom stereocenters. The Kier molecular flexibility index (Phi) is 7.38. The zero-order chi connectivity index (χ0) is 22.6. The molecule has 1 amide bonds. The maximum atomic E-state index is 12.9. The fraction of sp³-hybridized carbons (Fsp3) is 0.458. The number of carbonyl (C=O) groups excluding carboxylic acids is 1. The molecular weight excluding hydrogens is 410 g/mol. The second-order valence-electron chi connectivity index (χ2n) is 8.24. The number of piperidine rings is 1. The molecule has 1 aliphatic heterocycles. The first-order valence-corrected chi connectivity index (χ1v) is 12.5. The van der Waals surface area contributed by atoms with Gasteiger partial charge in [0.05, 0.1) is 4.90 Å². The van der Waals surface area contributed by atoms with Gasteiger partial charge in [0.25, 0.3) is 5.91 Å². The zero-order valence-corrected chi connectivity index (χ0v) is 19.7. The molecule has 3 rings (SSSR count). The van der Waals surface area contributed by atoms with Crippen molar-refractivity contribution in [3.8, 4) is 0 Å². The van der Waals surface area contributed by atoms with Gasteiger partial charge in [-0.1, -0.05) is 26.8 Å². The minimum absolute atomic E-state index is 0.140. The van der Waals surface area contributed by atoms with Crippen molar-refractivity contribution in [2.45, 2.75) is 45.4 Å². The number of hydrogen-bond acceptors (Lipinski definition) is 4. The number of sulfonamides is 1. The summed E-state index contributed by atoms with van der Waals surface area (Å²) in [6.45, 7) is 10.6. The van der Waals surface area contributed by atoms with Crippen molar-refractivity contribution in [2.75, 3.05) is 36.4 Å². The van der Waals surface area contributed by atoms with Crippen molar-refractivity contribution >= 4 is 27.3 Å². The van der Waals surface area contributed by atoms with Gasteiger partial charge in [-0.2, -0.15) is 4.31 Å². The van der Waals surface area contributed by atoms with Gasteiger partial charge in [-0.15, -0.1) is 0 Å². The molecule has 0 bridgehead atoms. The van der Waals surface area contributed by atoms with E-state index >= 15 is 0 Å². The standard InChI is InChI=1S/C24H33N3O3S/c1-5-27(6-2)31(29,30)22-12-7-19(4)23(17-22)24(28)25-20-8-10-21(11-9-20)26-15-13-18(3)14-16-26/h7-12,17-18H,5-6,13-16H2,1-4H3,(H,25,28). The normalized spacial score (nSPS) is 15.3. The van der Waals surface area contributed by atoms with E-state index in [1.165, 1.54) is 23.2 Å². The monoisotopic (exact) mass is 443 g/mol. The molecule has 1 fully saturated rings. The predicted molar refractivity (Wildman–Crippen MR) is 126 cm³/mol. The van der Waals surface area contributed by atoms with Crippen molar-refractivity contribution < 1.29 is 13.2 Å². The topological polar surface area (TPSA) is 69.7 Å². The predicted octanol–water partition coefficient (Wildman–Crippen LogP) is 4.51. The van der Waals surface area contributed by atoms with Crippen molar-refractivity contribution in [1.82, 2.24) is 4.31 Å². The summed E-state index contributed by atoms with van der Waals surface area (Å²) < 4.78 is 27.1. The highest BCUT2D eigenvalue weighted by Gasteiger charge is 2.23. The lowest BCUT2D eigenvalue weighted by molar-refractivity contribution is 0.102. The summed E-state index contributed by atoms with van der Waals surface area (Å²) in [6.07, 6.45) is 2.40. The van der Waals surface area contributed by atoms with Crippen LogP contribution in [0.5, 0.6) is 0 Å². The van der Waals surface area contributed by atoms with Crippen molar-refractivity contribution in [2.24, 2.45) is 5.92 Å². The van der Waals surface area contributed by atoms with Crippen LogP contribution in [-0.2, 0) is 10.0 Å². The van der Waals surface area contributed by atoms with Gasteiger partial charge in [-0.25, -0.2) is 8.42 Å². The highest BCUT2D eigenvalue weighted by Crippen LogP contribution is 2.25. The molecule has 7 heteroatoms. The van der Waals surface area contributed by atoms with Gasteiger partial charge in [-0.3, -0.25) is 4.79 Å². The Hall–Kier alpha value is -2.38. The van der Waals surface area contributed by atoms with Gasteiger partial charge in [0.2, 0.25) is 10.0 Å². The smallest absolute Gasteiger partial charge is 0.255 e. The van der Waals surface area contributed by atoms with Crippen LogP contribution in [-0.4, -0.2) is 44.8 Å². The van der Waals surface area contributed by atoms with E-state index in [0.717, 1.165) is 30.3 Å². The molecule has 1 aliphatic rings. The van der Waals surface area contributed by atoms with Crippen LogP contribution in [0.15, 0.2) is 47.4 Å². The molecule has 0 spiro atoms. The van der Waals surface area contributed by atoms with Gasteiger partial charge in [0, 0.05) is 43.1 Å². The number of carbonyl (C=O) groups is 1. The first-order valence-electron chi connectivity index (χ1n) is 11.0. The lowest BCUT2D eigenvalue weighted by Gasteiger charge is -2.32. The fourth-order valence-corrected chi connectivity index (χ4v) is 5.42. The molecule has 0 aromatic heterocycles. The van der Waals surface area contributed by atoms with Crippen LogP contribution in [0.25, 0.3) is 0 Å². The Labute approximate surface area is 186 Å². The van der Waals surface area contributed by atoms with E-state index in [-0.39, 0.29) is 10.8 Å². The molecule has 168 valence electrons. The Morgan fingerprint density at radius 3 is 2.26 bits per heavy atom. The highest BCUT2D eigenvalue weighted by atomic mass is 32.2. The van der Waals surface area contributed by atoms with E-state index in [9.17, 15) is 13.2 Å². The summed E-state index contributed by atoms with van der Waals surface area (Å²) in [5, 5.41) is 2.91. The molecule has 2 aromatic rings. The van der Waals surface area contributed by atoms with E-state index in [1.54, 1.807) is 26.0 Å². The van der Waals surface area contributed by atoms with Gasteiger partial charge in [0.15, 0.2) is 0 Å². The maximum Gasteiger partial charge on any atom is 0.255 e. The molecule has 1 heterocycles. The molecule has 0 saturated carbocycles. The lowest BCUT2D eigenvalue weighted by atomic mass is 9.99. The molecule has 0 aliphatic carbocycles. The van der Waals surface area contributed by atoms with Crippen LogP contribution in [0.3, 0.4) is 0 Å². The molecule has 2 aromatic carbocycles. The Morgan fingerprint density at radius 2 is 1.68 bits per heavy atom. The number of amides is 1. The summed E-state index contributed by atoms with van der Waals surface area (Å²) in [4.78, 5) is 15.4. The summed E-state index contributed by atoms with van der Waals surface area (Å²) in [5.74, 6) is 0.466. The minimum atomic E-state index is -3.62. The van der Waals surface area contributed by atoms with Crippen LogP contribution >= 0.6 is 0 Å². The Bertz CT molecular complexity index is 1010. The van der Waals surface area contributed by atoms with E-state index in [2.05, 4.69) is 17.1 Å². The first kappa shape index (κ1) is 23.3. The number of benzene rings is 2. The third-order valence-electron chi connectivity index (χ3n) is 6.07. The van der Waals surface area contributed by atoms with Crippen LogP contribution in [0.2, 0.25) is 0 Å². The van der Waals surface area contributed by atoms with Gasteiger partial charge < -0.3 is 10.2 Å². The number of anilines is 2. The number of rotatable bonds is 7. The van der Waals surface area contributed by atoms with Crippen LogP contribution in [0.4, 0.5) is 11.4 Å². The van der Waals surface area contributed by atoms with Crippen LogP contribution in [0, 0.1) is 12.8 Å². The summed E-state index contributed by atoms with van der Waals surface area (Å²) in [6, 6.07) is 12.6. The van der Waals surface area contributed by atoms with Crippen LogP contribution < -0.4 is 10.2 Å². The second-order valence-corrected chi connectivity index (χ2v) is 10.2. The lowest BCUT2D eigenvalue weighted by Crippen LogP contribution is -2.32. The molecule has 1 saturated heterocycles. The van der Waals surface area contributed by atoms with Crippen molar-refractivity contribution in [3.63, 3.8) is 0 Å². The van der Waals surface area contributed by atoms with Crippen LogP contribution in [0.1, 0.15) is 49.5 Å². The van der Waals surface area contributed by atoms with Crippen molar-refractivity contribution in [3.05, 3.63) is 53.6 Å². The number of nitrogens with zero attached hydrogens (tertiary/aromatic N) is 2. The van der Waals surface area contributed by atoms with E-state index in [0.29, 0.717) is 24.3 Å².